The molecule has 0 atom stereocenters. The molecule has 2 rings (SSSR count). The average molecular weight is 304 g/mol. The van der Waals surface area contributed by atoms with Gasteiger partial charge >= 0.3 is 0 Å². The van der Waals surface area contributed by atoms with Crippen LogP contribution in [0.4, 0.5) is 4.39 Å². The number of benzene rings is 1. The van der Waals surface area contributed by atoms with Crippen LogP contribution in [0.1, 0.15) is 5.82 Å². The minimum Gasteiger partial charge on any atom is -0.347 e. The van der Waals surface area contributed by atoms with Crippen LogP contribution in [0.3, 0.4) is 0 Å². The summed E-state index contributed by atoms with van der Waals surface area (Å²) in [5.41, 5.74) is 0. The molecule has 0 aliphatic heterocycles. The predicted molar refractivity (Wildman–Crippen MR) is 68.7 cm³/mol. The first kappa shape index (κ1) is 14.0. The van der Waals surface area contributed by atoms with Crippen molar-refractivity contribution in [3.63, 3.8) is 0 Å². The molecule has 1 aromatic carbocycles. The van der Waals surface area contributed by atoms with Crippen LogP contribution in [-0.4, -0.2) is 29.7 Å². The van der Waals surface area contributed by atoms with Crippen molar-refractivity contribution >= 4 is 21.6 Å². The molecule has 0 bridgehead atoms. The van der Waals surface area contributed by atoms with Gasteiger partial charge in [0, 0.05) is 19.4 Å². The van der Waals surface area contributed by atoms with Crippen LogP contribution >= 0.6 is 11.6 Å². The van der Waals surface area contributed by atoms with Gasteiger partial charge in [-0.15, -0.1) is 0 Å². The zero-order valence-electron chi connectivity index (χ0n) is 9.97. The Morgan fingerprint density at radius 1 is 1.47 bits per heavy atom. The lowest BCUT2D eigenvalue weighted by atomic mass is 10.3. The number of hydrogen-bond donors (Lipinski definition) is 1. The number of hydrogen-bond acceptors (Lipinski definition) is 3. The minimum atomic E-state index is -3.79. The molecule has 2 aromatic rings. The summed E-state index contributed by atoms with van der Waals surface area (Å²) in [6, 6.07) is 3.17. The molecule has 0 fully saturated rings. The minimum absolute atomic E-state index is 0.0725. The second-order valence-corrected chi connectivity index (χ2v) is 6.29. The molecule has 0 saturated carbocycles. The van der Waals surface area contributed by atoms with Crippen molar-refractivity contribution < 1.29 is 12.8 Å². The molecule has 0 unspecified atom stereocenters. The number of aromatic nitrogens is 2. The van der Waals surface area contributed by atoms with Gasteiger partial charge in [0.05, 0.1) is 11.6 Å². The van der Waals surface area contributed by atoms with Crippen LogP contribution in [0.15, 0.2) is 35.5 Å². The Hall–Kier alpha value is -1.44. The SMILES string of the molecule is CN(Cc1ncc[nH]1)S(=O)(=O)c1ccc(F)cc1Cl. The van der Waals surface area contributed by atoms with E-state index in [1.165, 1.54) is 13.2 Å². The van der Waals surface area contributed by atoms with Crippen molar-refractivity contribution in [2.75, 3.05) is 7.05 Å². The highest BCUT2D eigenvalue weighted by Gasteiger charge is 2.24. The van der Waals surface area contributed by atoms with Crippen LogP contribution < -0.4 is 0 Å². The van der Waals surface area contributed by atoms with Gasteiger partial charge in [0.2, 0.25) is 10.0 Å². The maximum Gasteiger partial charge on any atom is 0.244 e. The van der Waals surface area contributed by atoms with E-state index in [4.69, 9.17) is 11.6 Å². The summed E-state index contributed by atoms with van der Waals surface area (Å²) in [7, 11) is -2.39. The van der Waals surface area contributed by atoms with Gasteiger partial charge in [-0.3, -0.25) is 0 Å². The van der Waals surface area contributed by atoms with Crippen LogP contribution in [0.5, 0.6) is 0 Å². The Bertz CT molecular complexity index is 673. The number of nitrogens with one attached hydrogen (secondary N) is 1. The highest BCUT2D eigenvalue weighted by atomic mass is 35.5. The maximum absolute atomic E-state index is 12.9. The van der Waals surface area contributed by atoms with Crippen molar-refractivity contribution in [3.8, 4) is 0 Å². The van der Waals surface area contributed by atoms with Crippen molar-refractivity contribution in [1.29, 1.82) is 0 Å². The summed E-state index contributed by atoms with van der Waals surface area (Å²) in [6.07, 6.45) is 3.13. The number of sulfonamides is 1. The van der Waals surface area contributed by atoms with E-state index in [0.29, 0.717) is 5.82 Å². The number of halogens is 2. The number of aromatic amines is 1. The molecule has 1 N–H and O–H groups in total. The standard InChI is InChI=1S/C11H11ClFN3O2S/c1-16(7-11-14-4-5-15-11)19(17,18)10-3-2-8(13)6-9(10)12/h2-6H,7H2,1H3,(H,14,15). The molecule has 0 aliphatic rings. The second kappa shape index (κ2) is 5.28. The molecule has 0 aliphatic carbocycles. The first-order valence-electron chi connectivity index (χ1n) is 5.31. The molecule has 1 heterocycles. The van der Waals surface area contributed by atoms with Gasteiger partial charge in [-0.05, 0) is 18.2 Å². The molecule has 0 amide bonds. The molecule has 8 heteroatoms. The van der Waals surface area contributed by atoms with Gasteiger partial charge in [-0.2, -0.15) is 4.31 Å². The number of nitrogens with zero attached hydrogens (tertiary/aromatic N) is 2. The largest absolute Gasteiger partial charge is 0.347 e. The Morgan fingerprint density at radius 2 is 2.21 bits per heavy atom. The third-order valence-electron chi connectivity index (χ3n) is 2.51. The molecular formula is C11H11ClFN3O2S. The molecular weight excluding hydrogens is 293 g/mol. The van der Waals surface area contributed by atoms with Crippen LogP contribution in [0.2, 0.25) is 5.02 Å². The Kier molecular flexibility index (Phi) is 3.88. The Labute approximate surface area is 115 Å². The van der Waals surface area contributed by atoms with Crippen LogP contribution in [0.25, 0.3) is 0 Å². The monoisotopic (exact) mass is 303 g/mol. The molecule has 19 heavy (non-hydrogen) atoms. The van der Waals surface area contributed by atoms with Crippen LogP contribution in [0, 0.1) is 5.82 Å². The Morgan fingerprint density at radius 3 is 2.79 bits per heavy atom. The lowest BCUT2D eigenvalue weighted by Gasteiger charge is -2.16. The van der Waals surface area contributed by atoms with Gasteiger partial charge < -0.3 is 4.98 Å². The van der Waals surface area contributed by atoms with E-state index in [1.54, 1.807) is 6.20 Å². The number of imidazole rings is 1. The van der Waals surface area contributed by atoms with E-state index in [-0.39, 0.29) is 16.5 Å². The van der Waals surface area contributed by atoms with Gasteiger partial charge in [0.15, 0.2) is 0 Å². The summed E-state index contributed by atoms with van der Waals surface area (Å²) in [5.74, 6) is -0.0815. The quantitative estimate of drug-likeness (QED) is 0.939. The van der Waals surface area contributed by atoms with Crippen molar-refractivity contribution in [2.24, 2.45) is 0 Å². The van der Waals surface area contributed by atoms with E-state index in [2.05, 4.69) is 9.97 Å². The second-order valence-electron chi connectivity index (χ2n) is 3.87. The first-order chi connectivity index (χ1) is 8.91. The van der Waals surface area contributed by atoms with Crippen LogP contribution in [-0.2, 0) is 16.6 Å². The number of rotatable bonds is 4. The van der Waals surface area contributed by atoms with Crippen molar-refractivity contribution in [2.45, 2.75) is 11.4 Å². The first-order valence-corrected chi connectivity index (χ1v) is 7.12. The topological polar surface area (TPSA) is 66.1 Å². The number of H-pyrrole nitrogens is 1. The van der Waals surface area contributed by atoms with Gasteiger partial charge in [0.25, 0.3) is 0 Å². The maximum atomic E-state index is 12.9. The van der Waals surface area contributed by atoms with Crippen molar-refractivity contribution in [1.82, 2.24) is 14.3 Å². The van der Waals surface area contributed by atoms with Crippen molar-refractivity contribution in [3.05, 3.63) is 47.3 Å². The zero-order chi connectivity index (χ0) is 14.0. The normalized spacial score (nSPS) is 12.0. The molecule has 5 nitrogen and oxygen atoms in total. The van der Waals surface area contributed by atoms with E-state index >= 15 is 0 Å². The summed E-state index contributed by atoms with van der Waals surface area (Å²) in [6.45, 7) is 0.0725. The fourth-order valence-corrected chi connectivity index (χ4v) is 3.17. The molecule has 0 saturated heterocycles. The fourth-order valence-electron chi connectivity index (χ4n) is 1.53. The summed E-state index contributed by atoms with van der Waals surface area (Å²) < 4.78 is 38.6. The highest BCUT2D eigenvalue weighted by molar-refractivity contribution is 7.89. The highest BCUT2D eigenvalue weighted by Crippen LogP contribution is 2.25. The third-order valence-corrected chi connectivity index (χ3v) is 4.80. The lowest BCUT2D eigenvalue weighted by molar-refractivity contribution is 0.458. The van der Waals surface area contributed by atoms with Gasteiger partial charge in [-0.1, -0.05) is 11.6 Å². The Balaban J connectivity index is 2.31. The summed E-state index contributed by atoms with van der Waals surface area (Å²) in [4.78, 5) is 6.62. The molecule has 102 valence electrons. The zero-order valence-corrected chi connectivity index (χ0v) is 11.5. The van der Waals surface area contributed by atoms with E-state index in [1.807, 2.05) is 0 Å². The molecule has 0 radical (unpaired) electrons. The fraction of sp³-hybridized carbons (Fsp3) is 0.182. The average Bonchev–Trinajstić information content (AvgIpc) is 2.81. The summed E-state index contributed by atoms with van der Waals surface area (Å²) in [5, 5.41) is -0.147. The van der Waals surface area contributed by atoms with Gasteiger partial charge in [-0.25, -0.2) is 17.8 Å². The molecule has 0 spiro atoms. The lowest BCUT2D eigenvalue weighted by Crippen LogP contribution is -2.27. The van der Waals surface area contributed by atoms with E-state index in [0.717, 1.165) is 22.5 Å². The summed E-state index contributed by atoms with van der Waals surface area (Å²) >= 11 is 5.77. The van der Waals surface area contributed by atoms with Gasteiger partial charge in [0.1, 0.15) is 16.5 Å². The predicted octanol–water partition coefficient (Wildman–Crippen LogP) is 2.02. The van der Waals surface area contributed by atoms with E-state index < -0.39 is 15.8 Å². The third kappa shape index (κ3) is 2.94. The smallest absolute Gasteiger partial charge is 0.244 e. The van der Waals surface area contributed by atoms with E-state index in [9.17, 15) is 12.8 Å². The molecule has 1 aromatic heterocycles.